The molecular weight excluding hydrogens is 288 g/mol. The third-order valence-electron chi connectivity index (χ3n) is 4.56. The summed E-state index contributed by atoms with van der Waals surface area (Å²) in [6.07, 6.45) is 4.14. The highest BCUT2D eigenvalue weighted by atomic mass is 32.2. The van der Waals surface area contributed by atoms with Gasteiger partial charge in [0.2, 0.25) is 11.8 Å². The van der Waals surface area contributed by atoms with Crippen LogP contribution in [0, 0.1) is 17.8 Å². The largest absolute Gasteiger partial charge is 0.354 e. The van der Waals surface area contributed by atoms with E-state index in [9.17, 15) is 14.4 Å². The van der Waals surface area contributed by atoms with E-state index in [4.69, 9.17) is 0 Å². The number of carbonyl (C=O) groups is 3. The van der Waals surface area contributed by atoms with Gasteiger partial charge in [-0.3, -0.25) is 19.3 Å². The average molecular weight is 312 g/mol. The van der Waals surface area contributed by atoms with Gasteiger partial charge in [-0.1, -0.05) is 25.6 Å². The maximum Gasteiger partial charge on any atom is 0.288 e. The lowest BCUT2D eigenvalue weighted by Gasteiger charge is -2.30. The number of carbonyl (C=O) groups excluding carboxylic acids is 3. The summed E-state index contributed by atoms with van der Waals surface area (Å²) in [5.74, 6) is 1.68. The van der Waals surface area contributed by atoms with Gasteiger partial charge in [-0.25, -0.2) is 0 Å². The molecule has 0 aromatic heterocycles. The van der Waals surface area contributed by atoms with Gasteiger partial charge < -0.3 is 5.32 Å². The van der Waals surface area contributed by atoms with E-state index in [0.717, 1.165) is 43.4 Å². The van der Waals surface area contributed by atoms with Crippen LogP contribution in [-0.2, 0) is 9.59 Å². The molecule has 21 heavy (non-hydrogen) atoms. The van der Waals surface area contributed by atoms with E-state index >= 15 is 0 Å². The predicted octanol–water partition coefficient (Wildman–Crippen LogP) is 2.26. The summed E-state index contributed by atoms with van der Waals surface area (Å²) in [4.78, 5) is 36.2. The van der Waals surface area contributed by atoms with Crippen LogP contribution in [0.25, 0.3) is 0 Å². The first-order valence-electron chi connectivity index (χ1n) is 7.74. The van der Waals surface area contributed by atoms with Crippen LogP contribution in [-0.4, -0.2) is 40.8 Å². The smallest absolute Gasteiger partial charge is 0.288 e. The second kappa shape index (κ2) is 7.29. The van der Waals surface area contributed by atoms with Crippen molar-refractivity contribution >= 4 is 28.8 Å². The van der Waals surface area contributed by atoms with Gasteiger partial charge in [-0.15, -0.1) is 0 Å². The van der Waals surface area contributed by atoms with Gasteiger partial charge in [0.1, 0.15) is 0 Å². The average Bonchev–Trinajstić information content (AvgIpc) is 2.79. The Bertz CT molecular complexity index is 401. The van der Waals surface area contributed by atoms with Gasteiger partial charge in [-0.05, 0) is 37.5 Å². The first kappa shape index (κ1) is 16.3. The Kier molecular flexibility index (Phi) is 5.67. The highest BCUT2D eigenvalue weighted by Crippen LogP contribution is 2.33. The van der Waals surface area contributed by atoms with Crippen molar-refractivity contribution in [1.29, 1.82) is 0 Å². The highest BCUT2D eigenvalue weighted by molar-refractivity contribution is 8.14. The molecule has 6 heteroatoms. The minimum atomic E-state index is -0.202. The van der Waals surface area contributed by atoms with Crippen molar-refractivity contribution in [3.05, 3.63) is 0 Å². The maximum absolute atomic E-state index is 12.1. The summed E-state index contributed by atoms with van der Waals surface area (Å²) in [6, 6.07) is 0. The third-order valence-corrected chi connectivity index (χ3v) is 5.42. The third kappa shape index (κ3) is 4.22. The molecule has 1 N–H and O–H groups in total. The molecule has 2 fully saturated rings. The van der Waals surface area contributed by atoms with E-state index in [1.807, 2.05) is 0 Å². The number of nitrogens with zero attached hydrogens (tertiary/aromatic N) is 1. The van der Waals surface area contributed by atoms with E-state index in [2.05, 4.69) is 19.2 Å². The van der Waals surface area contributed by atoms with E-state index in [1.165, 1.54) is 4.90 Å². The second-order valence-corrected chi connectivity index (χ2v) is 7.17. The van der Waals surface area contributed by atoms with Gasteiger partial charge in [0.25, 0.3) is 5.24 Å². The summed E-state index contributed by atoms with van der Waals surface area (Å²) in [6.45, 7) is 5.14. The maximum atomic E-state index is 12.1. The molecule has 1 saturated heterocycles. The molecule has 0 radical (unpaired) electrons. The molecule has 118 valence electrons. The van der Waals surface area contributed by atoms with Crippen LogP contribution < -0.4 is 5.32 Å². The molecule has 2 rings (SSSR count). The monoisotopic (exact) mass is 312 g/mol. The first-order chi connectivity index (χ1) is 9.99. The van der Waals surface area contributed by atoms with Crippen LogP contribution in [0.3, 0.4) is 0 Å². The highest BCUT2D eigenvalue weighted by Gasteiger charge is 2.30. The van der Waals surface area contributed by atoms with E-state index in [-0.39, 0.29) is 35.3 Å². The first-order valence-corrected chi connectivity index (χ1v) is 8.72. The molecule has 0 spiro atoms. The van der Waals surface area contributed by atoms with Crippen LogP contribution in [0.5, 0.6) is 0 Å². The van der Waals surface area contributed by atoms with E-state index in [0.29, 0.717) is 12.5 Å². The Balaban J connectivity index is 1.68. The van der Waals surface area contributed by atoms with E-state index in [1.54, 1.807) is 0 Å². The Labute approximate surface area is 130 Å². The number of nitrogens with one attached hydrogen (secondary N) is 1. The summed E-state index contributed by atoms with van der Waals surface area (Å²) in [5, 5.41) is 2.67. The number of hydrogen-bond acceptors (Lipinski definition) is 4. The lowest BCUT2D eigenvalue weighted by atomic mass is 9.77. The standard InChI is InChI=1S/C15H24N2O3S/c1-10(2)11-3-5-12(6-4-11)14(19)16-7-8-17-13(18)9-21-15(17)20/h10-12H,3-9H2,1-2H3,(H,16,19). The van der Waals surface area contributed by atoms with Crippen LogP contribution in [0.1, 0.15) is 39.5 Å². The molecule has 5 nitrogen and oxygen atoms in total. The summed E-state index contributed by atoms with van der Waals surface area (Å²) in [7, 11) is 0. The quantitative estimate of drug-likeness (QED) is 0.845. The van der Waals surface area contributed by atoms with Gasteiger partial charge >= 0.3 is 0 Å². The fourth-order valence-electron chi connectivity index (χ4n) is 3.08. The zero-order chi connectivity index (χ0) is 15.4. The van der Waals surface area contributed by atoms with Crippen molar-refractivity contribution in [2.45, 2.75) is 39.5 Å². The molecular formula is C15H24N2O3S. The Morgan fingerprint density at radius 1 is 1.29 bits per heavy atom. The fraction of sp³-hybridized carbons (Fsp3) is 0.800. The van der Waals surface area contributed by atoms with Crippen molar-refractivity contribution < 1.29 is 14.4 Å². The van der Waals surface area contributed by atoms with Crippen LogP contribution in [0.2, 0.25) is 0 Å². The summed E-state index contributed by atoms with van der Waals surface area (Å²) < 4.78 is 0. The molecule has 1 saturated carbocycles. The molecule has 0 atom stereocenters. The molecule has 0 aromatic carbocycles. The molecule has 1 aliphatic carbocycles. The zero-order valence-corrected chi connectivity index (χ0v) is 13.6. The molecule has 1 heterocycles. The zero-order valence-electron chi connectivity index (χ0n) is 12.8. The number of hydrogen-bond donors (Lipinski definition) is 1. The van der Waals surface area contributed by atoms with Gasteiger partial charge in [0.05, 0.1) is 5.75 Å². The summed E-state index contributed by atoms with van der Waals surface area (Å²) in [5.41, 5.74) is 0. The minimum Gasteiger partial charge on any atom is -0.354 e. The SMILES string of the molecule is CC(C)C1CCC(C(=O)NCCN2C(=O)CSC2=O)CC1. The van der Waals surface area contributed by atoms with Gasteiger partial charge in [0, 0.05) is 19.0 Å². The van der Waals surface area contributed by atoms with Crippen molar-refractivity contribution in [3.63, 3.8) is 0 Å². The molecule has 3 amide bonds. The van der Waals surface area contributed by atoms with Gasteiger partial charge in [-0.2, -0.15) is 0 Å². The Morgan fingerprint density at radius 3 is 2.48 bits per heavy atom. The number of rotatable bonds is 5. The van der Waals surface area contributed by atoms with Crippen LogP contribution in [0.4, 0.5) is 4.79 Å². The lowest BCUT2D eigenvalue weighted by molar-refractivity contribution is -0.128. The van der Waals surface area contributed by atoms with Crippen molar-refractivity contribution in [3.8, 4) is 0 Å². The Hall–Kier alpha value is -1.04. The molecule has 1 aliphatic heterocycles. The molecule has 0 unspecified atom stereocenters. The lowest BCUT2D eigenvalue weighted by Crippen LogP contribution is -2.40. The van der Waals surface area contributed by atoms with Gasteiger partial charge in [0.15, 0.2) is 0 Å². The van der Waals surface area contributed by atoms with E-state index < -0.39 is 0 Å². The number of imide groups is 1. The van der Waals surface area contributed by atoms with Crippen LogP contribution in [0.15, 0.2) is 0 Å². The Morgan fingerprint density at radius 2 is 1.95 bits per heavy atom. The normalized spacial score (nSPS) is 26.5. The summed E-state index contributed by atoms with van der Waals surface area (Å²) >= 11 is 1.03. The minimum absolute atomic E-state index is 0.0731. The van der Waals surface area contributed by atoms with Crippen LogP contribution >= 0.6 is 11.8 Å². The second-order valence-electron chi connectivity index (χ2n) is 6.25. The predicted molar refractivity (Wildman–Crippen MR) is 82.9 cm³/mol. The topological polar surface area (TPSA) is 66.5 Å². The molecule has 0 bridgehead atoms. The molecule has 2 aliphatic rings. The number of thioether (sulfide) groups is 1. The number of amides is 3. The fourth-order valence-corrected chi connectivity index (χ4v) is 3.83. The van der Waals surface area contributed by atoms with Crippen molar-refractivity contribution in [2.75, 3.05) is 18.8 Å². The van der Waals surface area contributed by atoms with Crippen molar-refractivity contribution in [1.82, 2.24) is 10.2 Å². The molecule has 0 aromatic rings. The van der Waals surface area contributed by atoms with Crippen molar-refractivity contribution in [2.24, 2.45) is 17.8 Å².